The molecule has 2 N–H and O–H groups in total. The van der Waals surface area contributed by atoms with Crippen molar-refractivity contribution in [2.75, 3.05) is 5.75 Å². The Morgan fingerprint density at radius 2 is 1.60 bits per heavy atom. The molecule has 20 heavy (non-hydrogen) atoms. The number of hydrogen-bond donors (Lipinski definition) is 2. The molecule has 1 atom stereocenters. The molecule has 0 saturated heterocycles. The lowest BCUT2D eigenvalue weighted by Gasteiger charge is -2.28. The average Bonchev–Trinajstić information content (AvgIpc) is 2.11. The second kappa shape index (κ2) is 5.76. The van der Waals surface area contributed by atoms with Gasteiger partial charge in [-0.05, 0) is 13.3 Å². The maximum atomic E-state index is 12.5. The zero-order valence-electron chi connectivity index (χ0n) is 9.97. The summed E-state index contributed by atoms with van der Waals surface area (Å²) < 4.78 is 96.3. The van der Waals surface area contributed by atoms with E-state index < -0.39 is 52.5 Å². The van der Waals surface area contributed by atoms with Gasteiger partial charge in [-0.15, -0.1) is 0 Å². The number of hydrogen-bond acceptors (Lipinski definition) is 3. The van der Waals surface area contributed by atoms with E-state index in [4.69, 9.17) is 5.11 Å². The molecule has 0 aromatic rings. The van der Waals surface area contributed by atoms with Gasteiger partial charge in [0.15, 0.2) is 0 Å². The minimum atomic E-state index is -5.45. The molecule has 0 bridgehead atoms. The van der Waals surface area contributed by atoms with Gasteiger partial charge in [0.1, 0.15) is 0 Å². The molecule has 1 unspecified atom stereocenters. The Bertz CT molecular complexity index is 457. The Labute approximate surface area is 110 Å². The van der Waals surface area contributed by atoms with Crippen LogP contribution < -0.4 is 4.72 Å². The molecule has 0 aliphatic rings. The molecule has 0 rings (SSSR count). The molecule has 0 heterocycles. The second-order valence-corrected chi connectivity index (χ2v) is 5.91. The van der Waals surface area contributed by atoms with Crippen LogP contribution in [0.25, 0.3) is 0 Å². The lowest BCUT2D eigenvalue weighted by molar-refractivity contribution is -0.201. The van der Waals surface area contributed by atoms with Gasteiger partial charge in [-0.2, -0.15) is 31.1 Å². The van der Waals surface area contributed by atoms with Gasteiger partial charge in [-0.1, -0.05) is 0 Å². The average molecular weight is 331 g/mol. The summed E-state index contributed by atoms with van der Waals surface area (Å²) in [4.78, 5) is 10.6. The first-order valence-electron chi connectivity index (χ1n) is 4.99. The Balaban J connectivity index is 4.94. The molecule has 0 spiro atoms. The first-order chi connectivity index (χ1) is 8.61. The van der Waals surface area contributed by atoms with Crippen LogP contribution in [0.4, 0.5) is 26.3 Å². The van der Waals surface area contributed by atoms with E-state index in [0.29, 0.717) is 0 Å². The van der Waals surface area contributed by atoms with Crippen molar-refractivity contribution in [2.24, 2.45) is 0 Å². The molecule has 0 aliphatic heterocycles. The number of sulfonamides is 1. The molecule has 0 aromatic carbocycles. The minimum Gasteiger partial charge on any atom is -0.480 e. The van der Waals surface area contributed by atoms with Gasteiger partial charge in [-0.25, -0.2) is 13.2 Å². The maximum Gasteiger partial charge on any atom is 0.418 e. The van der Waals surface area contributed by atoms with Crippen molar-refractivity contribution in [3.63, 3.8) is 0 Å². The largest absolute Gasteiger partial charge is 0.480 e. The van der Waals surface area contributed by atoms with Gasteiger partial charge in [0.2, 0.25) is 15.6 Å². The molecule has 0 aromatic heterocycles. The number of carbonyl (C=O) groups is 1. The topological polar surface area (TPSA) is 83.5 Å². The van der Waals surface area contributed by atoms with Gasteiger partial charge in [0.05, 0.1) is 5.75 Å². The normalized spacial score (nSPS) is 16.8. The predicted octanol–water partition coefficient (Wildman–Crippen LogP) is 1.65. The quantitative estimate of drug-likeness (QED) is 0.725. The Hall–Kier alpha value is -1.04. The molecule has 0 aliphatic carbocycles. The number of nitrogens with one attached hydrogen (secondary N) is 1. The fraction of sp³-hybridized carbons (Fsp3) is 0.875. The Morgan fingerprint density at radius 3 is 1.90 bits per heavy atom. The van der Waals surface area contributed by atoms with Crippen LogP contribution in [0.5, 0.6) is 0 Å². The van der Waals surface area contributed by atoms with Crippen LogP contribution in [0.2, 0.25) is 0 Å². The third kappa shape index (κ3) is 5.53. The predicted molar refractivity (Wildman–Crippen MR) is 54.3 cm³/mol. The Morgan fingerprint density at radius 1 is 1.15 bits per heavy atom. The van der Waals surface area contributed by atoms with E-state index in [-0.39, 0.29) is 6.92 Å². The van der Waals surface area contributed by atoms with Crippen molar-refractivity contribution in [1.29, 1.82) is 0 Å². The standard InChI is InChI=1S/C8H11F6NO4S/c1-6(5(16)17,8(12,13)14)15-20(18,19)4-2-3-7(9,10)11/h15H,2-4H2,1H3,(H,16,17). The van der Waals surface area contributed by atoms with E-state index in [1.54, 1.807) is 0 Å². The molecule has 0 fully saturated rings. The molecule has 0 radical (unpaired) electrons. The van der Waals surface area contributed by atoms with Crippen LogP contribution in [0, 0.1) is 0 Å². The van der Waals surface area contributed by atoms with E-state index in [9.17, 15) is 39.6 Å². The van der Waals surface area contributed by atoms with Gasteiger partial charge >= 0.3 is 18.3 Å². The smallest absolute Gasteiger partial charge is 0.418 e. The van der Waals surface area contributed by atoms with Crippen molar-refractivity contribution in [3.8, 4) is 0 Å². The van der Waals surface area contributed by atoms with Crippen LogP contribution in [-0.2, 0) is 14.8 Å². The summed E-state index contributed by atoms with van der Waals surface area (Å²) in [7, 11) is -4.84. The maximum absolute atomic E-state index is 12.5. The van der Waals surface area contributed by atoms with Crippen molar-refractivity contribution < 1.29 is 44.7 Å². The van der Waals surface area contributed by atoms with Gasteiger partial charge in [0, 0.05) is 6.42 Å². The zero-order chi connectivity index (χ0) is 16.4. The van der Waals surface area contributed by atoms with Gasteiger partial charge in [0.25, 0.3) is 0 Å². The lowest BCUT2D eigenvalue weighted by Crippen LogP contribution is -2.62. The highest BCUT2D eigenvalue weighted by atomic mass is 32.2. The number of halogens is 6. The fourth-order valence-electron chi connectivity index (χ4n) is 1.05. The van der Waals surface area contributed by atoms with E-state index in [2.05, 4.69) is 0 Å². The molecule has 0 saturated carbocycles. The molecule has 0 amide bonds. The van der Waals surface area contributed by atoms with Gasteiger partial charge in [-0.3, -0.25) is 0 Å². The van der Waals surface area contributed by atoms with E-state index in [1.165, 1.54) is 0 Å². The van der Waals surface area contributed by atoms with Crippen molar-refractivity contribution in [2.45, 2.75) is 37.7 Å². The summed E-state index contributed by atoms with van der Waals surface area (Å²) in [5, 5.41) is 8.46. The SMILES string of the molecule is CC(NS(=O)(=O)CCCC(F)(F)F)(C(=O)O)C(F)(F)F. The van der Waals surface area contributed by atoms with Crippen molar-refractivity contribution in [3.05, 3.63) is 0 Å². The number of alkyl halides is 6. The van der Waals surface area contributed by atoms with Crippen LogP contribution in [0.15, 0.2) is 0 Å². The highest BCUT2D eigenvalue weighted by Crippen LogP contribution is 2.31. The lowest BCUT2D eigenvalue weighted by atomic mass is 10.0. The van der Waals surface area contributed by atoms with E-state index in [1.807, 2.05) is 0 Å². The zero-order valence-corrected chi connectivity index (χ0v) is 10.8. The first kappa shape index (κ1) is 19.0. The molecule has 5 nitrogen and oxygen atoms in total. The highest BCUT2D eigenvalue weighted by Gasteiger charge is 2.59. The summed E-state index contributed by atoms with van der Waals surface area (Å²) >= 11 is 0. The van der Waals surface area contributed by atoms with Crippen LogP contribution >= 0.6 is 0 Å². The van der Waals surface area contributed by atoms with Crippen LogP contribution in [0.1, 0.15) is 19.8 Å². The number of carboxylic acid groups (broad SMARTS) is 1. The molecule has 120 valence electrons. The fourth-order valence-corrected chi connectivity index (χ4v) is 2.50. The summed E-state index contributed by atoms with van der Waals surface area (Å²) in [5.74, 6) is -3.78. The van der Waals surface area contributed by atoms with Crippen LogP contribution in [0.3, 0.4) is 0 Å². The van der Waals surface area contributed by atoms with Crippen molar-refractivity contribution >= 4 is 16.0 Å². The summed E-state index contributed by atoms with van der Waals surface area (Å²) in [6.45, 7) is 0.0661. The highest BCUT2D eigenvalue weighted by molar-refractivity contribution is 7.89. The van der Waals surface area contributed by atoms with E-state index in [0.717, 1.165) is 4.72 Å². The Kier molecular flexibility index (Phi) is 5.46. The molecular weight excluding hydrogens is 320 g/mol. The monoisotopic (exact) mass is 331 g/mol. The first-order valence-corrected chi connectivity index (χ1v) is 6.64. The van der Waals surface area contributed by atoms with Gasteiger partial charge < -0.3 is 5.11 Å². The third-order valence-corrected chi connectivity index (χ3v) is 3.77. The van der Waals surface area contributed by atoms with Crippen LogP contribution in [-0.4, -0.2) is 43.1 Å². The minimum absolute atomic E-state index is 0.0661. The van der Waals surface area contributed by atoms with E-state index >= 15 is 0 Å². The summed E-state index contributed by atoms with van der Waals surface area (Å²) in [6, 6.07) is 0. The number of rotatable bonds is 6. The molecule has 12 heteroatoms. The second-order valence-electron chi connectivity index (χ2n) is 4.07. The summed E-state index contributed by atoms with van der Waals surface area (Å²) in [5.41, 5.74) is -3.80. The number of carboxylic acids is 1. The number of aliphatic carboxylic acids is 1. The van der Waals surface area contributed by atoms with Crippen molar-refractivity contribution in [1.82, 2.24) is 4.72 Å². The summed E-state index contributed by atoms with van der Waals surface area (Å²) in [6.07, 6.45) is -12.6. The third-order valence-electron chi connectivity index (χ3n) is 2.23. The molecular formula is C8H11F6NO4S.